The predicted molar refractivity (Wildman–Crippen MR) is 93.9 cm³/mol. The van der Waals surface area contributed by atoms with Crippen LogP contribution in [0.25, 0.3) is 0 Å². The van der Waals surface area contributed by atoms with Gasteiger partial charge in [0.05, 0.1) is 17.8 Å². The number of anilines is 1. The summed E-state index contributed by atoms with van der Waals surface area (Å²) in [6.45, 7) is 0. The molecule has 1 fully saturated rings. The Morgan fingerprint density at radius 2 is 2.04 bits per heavy atom. The third-order valence-corrected chi connectivity index (χ3v) is 4.54. The normalized spacial score (nSPS) is 20.8. The monoisotopic (exact) mass is 325 g/mol. The highest BCUT2D eigenvalue weighted by atomic mass is 16.3. The van der Waals surface area contributed by atoms with Crippen molar-refractivity contribution in [2.75, 3.05) is 19.0 Å². The summed E-state index contributed by atoms with van der Waals surface area (Å²) in [7, 11) is 3.90. The van der Waals surface area contributed by atoms with Gasteiger partial charge in [0, 0.05) is 31.5 Å². The number of carbonyl (C=O) groups excluding carboxylic acids is 1. The molecule has 1 aromatic heterocycles. The van der Waals surface area contributed by atoms with Crippen LogP contribution in [0.5, 0.6) is 0 Å². The first-order valence-corrected chi connectivity index (χ1v) is 8.22. The topological polar surface area (TPSA) is 65.5 Å². The molecule has 1 aromatic carbocycles. The van der Waals surface area contributed by atoms with Crippen LogP contribution in [0.4, 0.5) is 5.69 Å². The molecule has 1 aliphatic rings. The maximum absolute atomic E-state index is 12.7. The van der Waals surface area contributed by atoms with Gasteiger partial charge in [0.15, 0.2) is 0 Å². The summed E-state index contributed by atoms with van der Waals surface area (Å²) in [6, 6.07) is 13.1. The van der Waals surface area contributed by atoms with Crippen LogP contribution < -0.4 is 10.2 Å². The summed E-state index contributed by atoms with van der Waals surface area (Å²) < 4.78 is 0. The van der Waals surface area contributed by atoms with E-state index in [1.54, 1.807) is 6.20 Å². The molecule has 1 amide bonds. The van der Waals surface area contributed by atoms with Gasteiger partial charge in [-0.05, 0) is 49.1 Å². The molecule has 1 aliphatic carbocycles. The van der Waals surface area contributed by atoms with Crippen molar-refractivity contribution in [3.05, 3.63) is 59.9 Å². The Balaban J connectivity index is 1.79. The SMILES string of the molecule is CN(C)c1cccc(C(=O)N[C@H](c2ccccn2)C2CC(O)C2)c1. The average molecular weight is 325 g/mol. The van der Waals surface area contributed by atoms with Crippen molar-refractivity contribution in [1.29, 1.82) is 0 Å². The first kappa shape index (κ1) is 16.5. The zero-order chi connectivity index (χ0) is 17.1. The van der Waals surface area contributed by atoms with Crippen molar-refractivity contribution >= 4 is 11.6 Å². The fourth-order valence-corrected chi connectivity index (χ4v) is 3.05. The van der Waals surface area contributed by atoms with Gasteiger partial charge in [-0.3, -0.25) is 9.78 Å². The van der Waals surface area contributed by atoms with Gasteiger partial charge in [-0.25, -0.2) is 0 Å². The molecule has 0 spiro atoms. The van der Waals surface area contributed by atoms with E-state index < -0.39 is 0 Å². The summed E-state index contributed by atoms with van der Waals surface area (Å²) in [5.74, 6) is 0.103. The van der Waals surface area contributed by atoms with Crippen molar-refractivity contribution in [2.45, 2.75) is 25.0 Å². The molecule has 0 saturated heterocycles. The Hall–Kier alpha value is -2.40. The van der Waals surface area contributed by atoms with Gasteiger partial charge in [0.25, 0.3) is 5.91 Å². The Bertz CT molecular complexity index is 697. The van der Waals surface area contributed by atoms with Crippen molar-refractivity contribution in [1.82, 2.24) is 10.3 Å². The number of rotatable bonds is 5. The number of nitrogens with zero attached hydrogens (tertiary/aromatic N) is 2. The van der Waals surface area contributed by atoms with Crippen LogP contribution in [0, 0.1) is 5.92 Å². The van der Waals surface area contributed by atoms with Crippen LogP contribution in [0.2, 0.25) is 0 Å². The van der Waals surface area contributed by atoms with Gasteiger partial charge in [0.1, 0.15) is 0 Å². The first-order chi connectivity index (χ1) is 11.5. The van der Waals surface area contributed by atoms with E-state index in [9.17, 15) is 9.90 Å². The average Bonchev–Trinajstić information content (AvgIpc) is 2.58. The smallest absolute Gasteiger partial charge is 0.251 e. The highest BCUT2D eigenvalue weighted by molar-refractivity contribution is 5.95. The van der Waals surface area contributed by atoms with E-state index in [2.05, 4.69) is 10.3 Å². The summed E-state index contributed by atoms with van der Waals surface area (Å²) in [5, 5.41) is 12.7. The van der Waals surface area contributed by atoms with E-state index in [4.69, 9.17) is 0 Å². The summed E-state index contributed by atoms with van der Waals surface area (Å²) in [6.07, 6.45) is 2.85. The van der Waals surface area contributed by atoms with Gasteiger partial charge in [0.2, 0.25) is 0 Å². The minimum Gasteiger partial charge on any atom is -0.393 e. The summed E-state index contributed by atoms with van der Waals surface area (Å²) in [5.41, 5.74) is 2.45. The number of pyridine rings is 1. The van der Waals surface area contributed by atoms with E-state index in [1.807, 2.05) is 61.5 Å². The largest absolute Gasteiger partial charge is 0.393 e. The van der Waals surface area contributed by atoms with E-state index in [1.165, 1.54) is 0 Å². The molecule has 1 heterocycles. The number of aromatic nitrogens is 1. The Kier molecular flexibility index (Phi) is 4.81. The quantitative estimate of drug-likeness (QED) is 0.886. The standard InChI is InChI=1S/C19H23N3O2/c1-22(2)15-7-5-6-13(10-15)19(24)21-18(14-11-16(23)12-14)17-8-3-4-9-20-17/h3-10,14,16,18,23H,11-12H2,1-2H3,(H,21,24)/t14?,16?,18-/m0/s1. The highest BCUT2D eigenvalue weighted by Crippen LogP contribution is 2.37. The van der Waals surface area contributed by atoms with Crippen LogP contribution in [-0.4, -0.2) is 36.2 Å². The van der Waals surface area contributed by atoms with Crippen LogP contribution >= 0.6 is 0 Å². The first-order valence-electron chi connectivity index (χ1n) is 8.22. The van der Waals surface area contributed by atoms with Gasteiger partial charge in [-0.2, -0.15) is 0 Å². The van der Waals surface area contributed by atoms with E-state index in [0.717, 1.165) is 11.4 Å². The summed E-state index contributed by atoms with van der Waals surface area (Å²) >= 11 is 0. The zero-order valence-corrected chi connectivity index (χ0v) is 14.0. The lowest BCUT2D eigenvalue weighted by Crippen LogP contribution is -2.41. The molecule has 5 nitrogen and oxygen atoms in total. The lowest BCUT2D eigenvalue weighted by molar-refractivity contribution is 0.0228. The minimum atomic E-state index is -0.268. The molecule has 0 unspecified atom stereocenters. The van der Waals surface area contributed by atoms with Gasteiger partial charge in [-0.15, -0.1) is 0 Å². The van der Waals surface area contributed by atoms with Crippen molar-refractivity contribution in [3.63, 3.8) is 0 Å². The second-order valence-electron chi connectivity index (χ2n) is 6.54. The predicted octanol–water partition coefficient (Wildman–Crippen LogP) is 2.39. The molecule has 0 aliphatic heterocycles. The molecular weight excluding hydrogens is 302 g/mol. The number of aliphatic hydroxyl groups is 1. The molecule has 3 rings (SSSR count). The van der Waals surface area contributed by atoms with Crippen molar-refractivity contribution < 1.29 is 9.90 Å². The van der Waals surface area contributed by atoms with Crippen LogP contribution in [-0.2, 0) is 0 Å². The number of benzene rings is 1. The Labute approximate surface area is 142 Å². The number of amides is 1. The lowest BCUT2D eigenvalue weighted by Gasteiger charge is -2.37. The molecule has 5 heteroatoms. The number of aliphatic hydroxyl groups excluding tert-OH is 1. The number of hydrogen-bond donors (Lipinski definition) is 2. The minimum absolute atomic E-state index is 0.115. The molecule has 0 bridgehead atoms. The van der Waals surface area contributed by atoms with Gasteiger partial charge in [-0.1, -0.05) is 12.1 Å². The Morgan fingerprint density at radius 1 is 1.25 bits per heavy atom. The maximum atomic E-state index is 12.7. The number of carbonyl (C=O) groups is 1. The molecule has 1 saturated carbocycles. The number of nitrogens with one attached hydrogen (secondary N) is 1. The van der Waals surface area contributed by atoms with Gasteiger partial charge < -0.3 is 15.3 Å². The second kappa shape index (κ2) is 7.01. The van der Waals surface area contributed by atoms with Crippen LogP contribution in [0.3, 0.4) is 0 Å². The molecule has 1 atom stereocenters. The molecular formula is C19H23N3O2. The highest BCUT2D eigenvalue weighted by Gasteiger charge is 2.36. The molecule has 0 radical (unpaired) electrons. The Morgan fingerprint density at radius 3 is 2.67 bits per heavy atom. The second-order valence-corrected chi connectivity index (χ2v) is 6.54. The van der Waals surface area contributed by atoms with Crippen LogP contribution in [0.15, 0.2) is 48.7 Å². The molecule has 2 aromatic rings. The van der Waals surface area contributed by atoms with Crippen molar-refractivity contribution in [3.8, 4) is 0 Å². The number of hydrogen-bond acceptors (Lipinski definition) is 4. The fraction of sp³-hybridized carbons (Fsp3) is 0.368. The van der Waals surface area contributed by atoms with Crippen molar-refractivity contribution in [2.24, 2.45) is 5.92 Å². The third kappa shape index (κ3) is 3.57. The molecule has 2 N–H and O–H groups in total. The maximum Gasteiger partial charge on any atom is 0.251 e. The molecule has 24 heavy (non-hydrogen) atoms. The van der Waals surface area contributed by atoms with Gasteiger partial charge >= 0.3 is 0 Å². The summed E-state index contributed by atoms with van der Waals surface area (Å²) in [4.78, 5) is 19.1. The zero-order valence-electron chi connectivity index (χ0n) is 14.0. The van der Waals surface area contributed by atoms with E-state index in [0.29, 0.717) is 18.4 Å². The molecule has 126 valence electrons. The van der Waals surface area contributed by atoms with Crippen LogP contribution in [0.1, 0.15) is 34.9 Å². The van der Waals surface area contributed by atoms with E-state index in [-0.39, 0.29) is 24.0 Å². The fourth-order valence-electron chi connectivity index (χ4n) is 3.05. The third-order valence-electron chi connectivity index (χ3n) is 4.54. The van der Waals surface area contributed by atoms with E-state index >= 15 is 0 Å². The lowest BCUT2D eigenvalue weighted by atomic mass is 9.76.